The van der Waals surface area contributed by atoms with Crippen molar-refractivity contribution >= 4 is 21.6 Å². The Balaban J connectivity index is 1.37. The third-order valence-corrected chi connectivity index (χ3v) is 8.23. The Morgan fingerprint density at radius 1 is 0.932 bits per heavy atom. The molecule has 1 aliphatic rings. The van der Waals surface area contributed by atoms with Crippen LogP contribution in [-0.2, 0) is 16.6 Å². The molecule has 1 amide bonds. The fourth-order valence-electron chi connectivity index (χ4n) is 4.94. The molecule has 0 bridgehead atoms. The highest BCUT2D eigenvalue weighted by Crippen LogP contribution is 2.30. The van der Waals surface area contributed by atoms with Gasteiger partial charge in [0.25, 0.3) is 5.91 Å². The minimum atomic E-state index is -4.63. The molecule has 0 radical (unpaired) electrons. The summed E-state index contributed by atoms with van der Waals surface area (Å²) in [5.41, 5.74) is 4.15. The van der Waals surface area contributed by atoms with Crippen LogP contribution in [0.1, 0.15) is 43.1 Å². The lowest BCUT2D eigenvalue weighted by Crippen LogP contribution is -2.46. The number of benzene rings is 3. The van der Waals surface area contributed by atoms with Crippen molar-refractivity contribution in [2.75, 3.05) is 43.4 Å². The zero-order valence-corrected chi connectivity index (χ0v) is 25.9. The van der Waals surface area contributed by atoms with Gasteiger partial charge in [0.15, 0.2) is 0 Å². The van der Waals surface area contributed by atoms with Gasteiger partial charge in [-0.1, -0.05) is 12.1 Å². The van der Waals surface area contributed by atoms with E-state index in [1.54, 1.807) is 16.9 Å². The molecule has 0 unspecified atom stereocenters. The highest BCUT2D eigenvalue weighted by Gasteiger charge is 2.30. The van der Waals surface area contributed by atoms with E-state index in [0.717, 1.165) is 66.6 Å². The van der Waals surface area contributed by atoms with Gasteiger partial charge in [-0.15, -0.1) is 0 Å². The van der Waals surface area contributed by atoms with Crippen molar-refractivity contribution in [2.24, 2.45) is 0 Å². The van der Waals surface area contributed by atoms with Gasteiger partial charge in [-0.25, -0.2) is 13.1 Å². The lowest BCUT2D eigenvalue weighted by molar-refractivity contribution is -0.130. The van der Waals surface area contributed by atoms with E-state index in [-0.39, 0.29) is 11.7 Å². The maximum atomic E-state index is 12.4. The number of anilines is 1. The number of piperazine rings is 1. The summed E-state index contributed by atoms with van der Waals surface area (Å²) in [6.07, 6.45) is -6.12. The van der Waals surface area contributed by atoms with Crippen LogP contribution in [0.5, 0.6) is 11.5 Å². The molecule has 0 saturated carbocycles. The van der Waals surface area contributed by atoms with Gasteiger partial charge < -0.3 is 14.4 Å². The number of nitrogens with one attached hydrogen (secondary N) is 1. The Labute approximate surface area is 256 Å². The van der Waals surface area contributed by atoms with Gasteiger partial charge in [-0.2, -0.15) is 13.2 Å². The predicted octanol–water partition coefficient (Wildman–Crippen LogP) is 5.87. The third-order valence-electron chi connectivity index (χ3n) is 6.99. The van der Waals surface area contributed by atoms with Crippen LogP contribution in [0.2, 0.25) is 0 Å². The van der Waals surface area contributed by atoms with Gasteiger partial charge in [-0.3, -0.25) is 9.69 Å². The van der Waals surface area contributed by atoms with Crippen LogP contribution in [0.4, 0.5) is 18.9 Å². The quantitative estimate of drug-likeness (QED) is 0.267. The second-order valence-electron chi connectivity index (χ2n) is 10.9. The molecule has 1 N–H and O–H groups in total. The summed E-state index contributed by atoms with van der Waals surface area (Å²) in [4.78, 5) is 16.9. The third kappa shape index (κ3) is 9.88. The van der Waals surface area contributed by atoms with Gasteiger partial charge in [0.05, 0.1) is 24.9 Å². The lowest BCUT2D eigenvalue weighted by atomic mass is 10.0. The average molecular weight is 634 g/mol. The molecule has 1 fully saturated rings. The SMILES string of the molecule is CCOc1cccc(-c2cc(CN3CCN(c4ccc(C(=O)NS(=O)(=O)CCC(F)(F)F)cc4)CC3)cc(OC(C)C)c2)c1. The first-order valence-electron chi connectivity index (χ1n) is 14.5. The molecule has 0 atom stereocenters. The summed E-state index contributed by atoms with van der Waals surface area (Å²) >= 11 is 0. The standard InChI is InChI=1S/C32H38F3N3O5S/c1-4-42-29-7-5-6-26(20-29)27-18-24(19-30(21-27)43-23(2)3)22-37-13-15-38(16-14-37)28-10-8-25(9-11-28)31(39)36-44(40,41)17-12-32(33,34)35/h5-11,18-21,23H,4,12-17,22H2,1-3H3,(H,36,39). The number of rotatable bonds is 12. The minimum Gasteiger partial charge on any atom is -0.494 e. The normalized spacial score (nSPS) is 14.5. The van der Waals surface area contributed by atoms with Gasteiger partial charge in [0, 0.05) is 44.0 Å². The van der Waals surface area contributed by atoms with Gasteiger partial charge in [0.1, 0.15) is 11.5 Å². The molecule has 44 heavy (non-hydrogen) atoms. The lowest BCUT2D eigenvalue weighted by Gasteiger charge is -2.36. The largest absolute Gasteiger partial charge is 0.494 e. The number of sulfonamides is 1. The fraction of sp³-hybridized carbons (Fsp3) is 0.406. The van der Waals surface area contributed by atoms with Gasteiger partial charge in [-0.05, 0) is 92.1 Å². The van der Waals surface area contributed by atoms with Crippen LogP contribution >= 0.6 is 0 Å². The zero-order valence-electron chi connectivity index (χ0n) is 25.1. The molecule has 0 spiro atoms. The molecule has 3 aromatic carbocycles. The molecule has 3 aromatic rings. The van der Waals surface area contributed by atoms with Crippen molar-refractivity contribution in [1.29, 1.82) is 0 Å². The van der Waals surface area contributed by atoms with Crippen molar-refractivity contribution in [3.63, 3.8) is 0 Å². The van der Waals surface area contributed by atoms with Gasteiger partial charge in [0.2, 0.25) is 10.0 Å². The summed E-state index contributed by atoms with van der Waals surface area (Å²) in [5.74, 6) is -0.541. The Kier molecular flexibility index (Phi) is 10.8. The summed E-state index contributed by atoms with van der Waals surface area (Å²) in [5, 5.41) is 0. The van der Waals surface area contributed by atoms with Crippen LogP contribution in [-0.4, -0.2) is 70.0 Å². The Morgan fingerprint density at radius 2 is 1.61 bits per heavy atom. The van der Waals surface area contributed by atoms with E-state index in [4.69, 9.17) is 9.47 Å². The highest BCUT2D eigenvalue weighted by atomic mass is 32.2. The topological polar surface area (TPSA) is 88.2 Å². The smallest absolute Gasteiger partial charge is 0.390 e. The van der Waals surface area contributed by atoms with E-state index in [1.807, 2.05) is 45.0 Å². The first-order chi connectivity index (χ1) is 20.8. The molecule has 12 heteroatoms. The summed E-state index contributed by atoms with van der Waals surface area (Å²) < 4.78 is 74.4. The number of carbonyl (C=O) groups is 1. The number of nitrogens with zero attached hydrogens (tertiary/aromatic N) is 2. The number of halogens is 3. The van der Waals surface area contributed by atoms with Crippen molar-refractivity contribution in [1.82, 2.24) is 9.62 Å². The fourth-order valence-corrected chi connectivity index (χ4v) is 5.94. The van der Waals surface area contributed by atoms with Crippen LogP contribution in [0.15, 0.2) is 66.7 Å². The number of carbonyl (C=O) groups excluding carboxylic acids is 1. The molecule has 1 heterocycles. The Morgan fingerprint density at radius 3 is 2.25 bits per heavy atom. The van der Waals surface area contributed by atoms with Crippen molar-refractivity contribution in [3.05, 3.63) is 77.9 Å². The maximum absolute atomic E-state index is 12.4. The zero-order chi connectivity index (χ0) is 31.9. The van der Waals surface area contributed by atoms with Crippen LogP contribution in [0, 0.1) is 0 Å². The van der Waals surface area contributed by atoms with E-state index in [1.165, 1.54) is 12.1 Å². The maximum Gasteiger partial charge on any atom is 0.390 e. The number of hydrogen-bond donors (Lipinski definition) is 1. The van der Waals surface area contributed by atoms with Crippen molar-refractivity contribution in [3.8, 4) is 22.6 Å². The molecule has 1 aliphatic heterocycles. The van der Waals surface area contributed by atoms with E-state index in [2.05, 4.69) is 28.0 Å². The average Bonchev–Trinajstić information content (AvgIpc) is 2.96. The molecule has 0 aliphatic carbocycles. The van der Waals surface area contributed by atoms with E-state index in [9.17, 15) is 26.4 Å². The van der Waals surface area contributed by atoms with E-state index in [0.29, 0.717) is 6.61 Å². The highest BCUT2D eigenvalue weighted by molar-refractivity contribution is 7.90. The van der Waals surface area contributed by atoms with Crippen LogP contribution in [0.3, 0.4) is 0 Å². The van der Waals surface area contributed by atoms with E-state index >= 15 is 0 Å². The van der Waals surface area contributed by atoms with Gasteiger partial charge >= 0.3 is 6.18 Å². The van der Waals surface area contributed by atoms with Crippen molar-refractivity contribution in [2.45, 2.75) is 46.0 Å². The summed E-state index contributed by atoms with van der Waals surface area (Å²) in [7, 11) is -4.41. The first kappa shape index (κ1) is 33.1. The number of ether oxygens (including phenoxy) is 2. The van der Waals surface area contributed by atoms with Crippen LogP contribution in [0.25, 0.3) is 11.1 Å². The second kappa shape index (κ2) is 14.3. The molecule has 0 aromatic heterocycles. The molecule has 4 rings (SSSR count). The summed E-state index contributed by atoms with van der Waals surface area (Å²) in [6, 6.07) is 20.7. The summed E-state index contributed by atoms with van der Waals surface area (Å²) in [6.45, 7) is 10.4. The predicted molar refractivity (Wildman–Crippen MR) is 165 cm³/mol. The Bertz CT molecular complexity index is 1520. The monoisotopic (exact) mass is 633 g/mol. The Hall–Kier alpha value is -3.77. The molecule has 238 valence electrons. The van der Waals surface area contributed by atoms with Crippen molar-refractivity contribution < 1.29 is 35.9 Å². The first-order valence-corrected chi connectivity index (χ1v) is 16.2. The number of amides is 1. The van der Waals surface area contributed by atoms with E-state index < -0.39 is 34.3 Å². The molecule has 8 nitrogen and oxygen atoms in total. The minimum absolute atomic E-state index is 0.0349. The molecule has 1 saturated heterocycles. The van der Waals surface area contributed by atoms with Crippen LogP contribution < -0.4 is 19.1 Å². The molecular formula is C32H38F3N3O5S. The molecular weight excluding hydrogens is 595 g/mol. The number of hydrogen-bond acceptors (Lipinski definition) is 7. The number of alkyl halides is 3. The second-order valence-corrected chi connectivity index (χ2v) is 12.8.